The molecule has 0 aliphatic heterocycles. The molecule has 0 aliphatic carbocycles. The summed E-state index contributed by atoms with van der Waals surface area (Å²) >= 11 is 0. The largest absolute Gasteiger partial charge is 0.497 e. The predicted octanol–water partition coefficient (Wildman–Crippen LogP) is 5.36. The van der Waals surface area contributed by atoms with Crippen molar-refractivity contribution < 1.29 is 18.6 Å². The van der Waals surface area contributed by atoms with Gasteiger partial charge in [0, 0.05) is 10.9 Å². The fraction of sp³-hybridized carbons (Fsp3) is 0.160. The van der Waals surface area contributed by atoms with Gasteiger partial charge in [0.25, 0.3) is 0 Å². The van der Waals surface area contributed by atoms with E-state index in [2.05, 4.69) is 0 Å². The summed E-state index contributed by atoms with van der Waals surface area (Å²) < 4.78 is 22.1. The molecule has 5 nitrogen and oxygen atoms in total. The maximum atomic E-state index is 12.6. The highest BCUT2D eigenvalue weighted by Crippen LogP contribution is 2.30. The highest BCUT2D eigenvalue weighted by molar-refractivity contribution is 5.87. The summed E-state index contributed by atoms with van der Waals surface area (Å²) in [5, 5.41) is 0.831. The van der Waals surface area contributed by atoms with Gasteiger partial charge in [-0.15, -0.1) is 0 Å². The molecule has 0 atom stereocenters. The first kappa shape index (κ1) is 19.6. The predicted molar refractivity (Wildman–Crippen MR) is 117 cm³/mol. The first-order valence-electron chi connectivity index (χ1n) is 9.57. The number of aryl methyl sites for hydroxylation is 1. The summed E-state index contributed by atoms with van der Waals surface area (Å²) in [6, 6.07) is 20.5. The Hall–Kier alpha value is -3.73. The normalized spacial score (nSPS) is 10.8. The lowest BCUT2D eigenvalue weighted by atomic mass is 9.99. The zero-order chi connectivity index (χ0) is 21.1. The SMILES string of the molecule is COc1ccc(-c2c(C)c3cc(OCc4ccccc4OC)ccc3oc2=O)cc1. The number of para-hydroxylation sites is 1. The van der Waals surface area contributed by atoms with Crippen molar-refractivity contribution in [3.8, 4) is 28.4 Å². The molecule has 1 aromatic heterocycles. The molecule has 152 valence electrons. The Bertz CT molecular complexity index is 1240. The highest BCUT2D eigenvalue weighted by atomic mass is 16.5. The molecule has 0 radical (unpaired) electrons. The molecule has 0 N–H and O–H groups in total. The first-order chi connectivity index (χ1) is 14.6. The fourth-order valence-electron chi connectivity index (χ4n) is 3.49. The quantitative estimate of drug-likeness (QED) is 0.406. The van der Waals surface area contributed by atoms with Gasteiger partial charge in [-0.05, 0) is 54.4 Å². The molecule has 0 aliphatic rings. The number of rotatable bonds is 6. The van der Waals surface area contributed by atoms with Crippen molar-refractivity contribution in [1.29, 1.82) is 0 Å². The third-order valence-corrected chi connectivity index (χ3v) is 5.10. The van der Waals surface area contributed by atoms with Crippen LogP contribution in [-0.4, -0.2) is 14.2 Å². The summed E-state index contributed by atoms with van der Waals surface area (Å²) in [4.78, 5) is 12.6. The molecule has 30 heavy (non-hydrogen) atoms. The van der Waals surface area contributed by atoms with Crippen molar-refractivity contribution >= 4 is 11.0 Å². The molecule has 4 rings (SSSR count). The number of fused-ring (bicyclic) bond motifs is 1. The Labute approximate surface area is 174 Å². The molecular formula is C25H22O5. The van der Waals surface area contributed by atoms with Crippen LogP contribution in [0.4, 0.5) is 0 Å². The first-order valence-corrected chi connectivity index (χ1v) is 9.57. The van der Waals surface area contributed by atoms with E-state index in [0.717, 1.165) is 33.6 Å². The smallest absolute Gasteiger partial charge is 0.344 e. The molecule has 0 fully saturated rings. The summed E-state index contributed by atoms with van der Waals surface area (Å²) in [6.07, 6.45) is 0. The lowest BCUT2D eigenvalue weighted by Crippen LogP contribution is -2.06. The van der Waals surface area contributed by atoms with Crippen molar-refractivity contribution in [3.63, 3.8) is 0 Å². The molecule has 0 amide bonds. The molecule has 0 saturated heterocycles. The van der Waals surface area contributed by atoms with Gasteiger partial charge in [0.2, 0.25) is 0 Å². The van der Waals surface area contributed by atoms with Crippen LogP contribution in [-0.2, 0) is 6.61 Å². The number of ether oxygens (including phenoxy) is 3. The monoisotopic (exact) mass is 402 g/mol. The van der Waals surface area contributed by atoms with Gasteiger partial charge in [-0.2, -0.15) is 0 Å². The van der Waals surface area contributed by atoms with Crippen LogP contribution < -0.4 is 19.8 Å². The Morgan fingerprint density at radius 3 is 2.33 bits per heavy atom. The summed E-state index contributed by atoms with van der Waals surface area (Å²) in [7, 11) is 3.25. The molecule has 0 saturated carbocycles. The van der Waals surface area contributed by atoms with Crippen LogP contribution in [0.2, 0.25) is 0 Å². The Morgan fingerprint density at radius 2 is 1.60 bits per heavy atom. The van der Waals surface area contributed by atoms with Gasteiger partial charge in [0.15, 0.2) is 0 Å². The van der Waals surface area contributed by atoms with Crippen molar-refractivity contribution in [3.05, 3.63) is 88.3 Å². The Morgan fingerprint density at radius 1 is 0.867 bits per heavy atom. The summed E-state index contributed by atoms with van der Waals surface area (Å²) in [6.45, 7) is 2.29. The average molecular weight is 402 g/mol. The lowest BCUT2D eigenvalue weighted by Gasteiger charge is -2.12. The lowest BCUT2D eigenvalue weighted by molar-refractivity contribution is 0.297. The van der Waals surface area contributed by atoms with Gasteiger partial charge in [0.05, 0.1) is 19.8 Å². The van der Waals surface area contributed by atoms with Gasteiger partial charge >= 0.3 is 5.63 Å². The molecule has 3 aromatic carbocycles. The molecule has 4 aromatic rings. The van der Waals surface area contributed by atoms with Crippen LogP contribution in [0.3, 0.4) is 0 Å². The van der Waals surface area contributed by atoms with Crippen LogP contribution in [0, 0.1) is 6.92 Å². The maximum absolute atomic E-state index is 12.6. The molecule has 0 bridgehead atoms. The van der Waals surface area contributed by atoms with Gasteiger partial charge < -0.3 is 18.6 Å². The van der Waals surface area contributed by atoms with E-state index in [1.165, 1.54) is 0 Å². The number of methoxy groups -OCH3 is 2. The van der Waals surface area contributed by atoms with Crippen molar-refractivity contribution in [1.82, 2.24) is 0 Å². The third-order valence-electron chi connectivity index (χ3n) is 5.10. The molecule has 0 unspecified atom stereocenters. The van der Waals surface area contributed by atoms with Crippen LogP contribution in [0.5, 0.6) is 17.2 Å². The van der Waals surface area contributed by atoms with E-state index in [1.807, 2.05) is 61.5 Å². The second-order valence-electron chi connectivity index (χ2n) is 6.88. The van der Waals surface area contributed by atoms with Crippen molar-refractivity contribution in [2.45, 2.75) is 13.5 Å². The van der Waals surface area contributed by atoms with Crippen LogP contribution in [0.15, 0.2) is 75.9 Å². The number of hydrogen-bond acceptors (Lipinski definition) is 5. The van der Waals surface area contributed by atoms with Crippen LogP contribution in [0.25, 0.3) is 22.1 Å². The minimum atomic E-state index is -0.368. The standard InChI is InChI=1S/C25H22O5/c1-16-21-14-20(29-15-18-6-4-5-7-22(18)28-3)12-13-23(21)30-25(26)24(16)17-8-10-19(27-2)11-9-17/h4-14H,15H2,1-3H3. The minimum Gasteiger partial charge on any atom is -0.497 e. The van der Waals surface area contributed by atoms with E-state index < -0.39 is 0 Å². The third kappa shape index (κ3) is 3.74. The molecule has 5 heteroatoms. The number of hydrogen-bond donors (Lipinski definition) is 0. The van der Waals surface area contributed by atoms with E-state index >= 15 is 0 Å². The Balaban J connectivity index is 1.70. The van der Waals surface area contributed by atoms with Gasteiger partial charge in [-0.25, -0.2) is 4.79 Å². The van der Waals surface area contributed by atoms with E-state index in [-0.39, 0.29) is 5.63 Å². The summed E-state index contributed by atoms with van der Waals surface area (Å²) in [5.41, 5.74) is 3.27. The maximum Gasteiger partial charge on any atom is 0.344 e. The molecular weight excluding hydrogens is 380 g/mol. The molecule has 0 spiro atoms. The second-order valence-corrected chi connectivity index (χ2v) is 6.88. The van der Waals surface area contributed by atoms with E-state index in [4.69, 9.17) is 18.6 Å². The minimum absolute atomic E-state index is 0.368. The van der Waals surface area contributed by atoms with Crippen LogP contribution >= 0.6 is 0 Å². The number of benzene rings is 3. The average Bonchev–Trinajstić information content (AvgIpc) is 2.78. The fourth-order valence-corrected chi connectivity index (χ4v) is 3.49. The second kappa shape index (κ2) is 8.33. The van der Waals surface area contributed by atoms with Crippen molar-refractivity contribution in [2.24, 2.45) is 0 Å². The topological polar surface area (TPSA) is 57.9 Å². The van der Waals surface area contributed by atoms with E-state index in [1.54, 1.807) is 26.4 Å². The molecule has 1 heterocycles. The van der Waals surface area contributed by atoms with Crippen molar-refractivity contribution in [2.75, 3.05) is 14.2 Å². The van der Waals surface area contributed by atoms with E-state index in [0.29, 0.717) is 23.5 Å². The van der Waals surface area contributed by atoms with Gasteiger partial charge in [-0.3, -0.25) is 0 Å². The van der Waals surface area contributed by atoms with E-state index in [9.17, 15) is 4.79 Å². The zero-order valence-electron chi connectivity index (χ0n) is 17.1. The van der Waals surface area contributed by atoms with Gasteiger partial charge in [-0.1, -0.05) is 30.3 Å². The zero-order valence-corrected chi connectivity index (χ0v) is 17.1. The van der Waals surface area contributed by atoms with Crippen LogP contribution in [0.1, 0.15) is 11.1 Å². The summed E-state index contributed by atoms with van der Waals surface area (Å²) in [5.74, 6) is 2.20. The highest BCUT2D eigenvalue weighted by Gasteiger charge is 2.14. The van der Waals surface area contributed by atoms with Gasteiger partial charge in [0.1, 0.15) is 29.4 Å². The Kier molecular flexibility index (Phi) is 5.44.